The van der Waals surface area contributed by atoms with Gasteiger partial charge in [-0.3, -0.25) is 9.59 Å². The molecular weight excluding hydrogens is 323 g/mol. The van der Waals surface area contributed by atoms with Crippen molar-refractivity contribution in [1.82, 2.24) is 4.90 Å². The van der Waals surface area contributed by atoms with Crippen molar-refractivity contribution < 1.29 is 9.59 Å². The molecule has 0 heterocycles. The lowest BCUT2D eigenvalue weighted by Crippen LogP contribution is -2.37. The van der Waals surface area contributed by atoms with E-state index in [1.807, 2.05) is 20.8 Å². The second kappa shape index (κ2) is 8.81. The summed E-state index contributed by atoms with van der Waals surface area (Å²) in [4.78, 5) is 25.7. The molecule has 0 spiro atoms. The van der Waals surface area contributed by atoms with Gasteiger partial charge < -0.3 is 10.2 Å². The van der Waals surface area contributed by atoms with Gasteiger partial charge in [0, 0.05) is 17.6 Å². The monoisotopic (exact) mass is 342 g/mol. The number of hydrogen-bond donors (Lipinski definition) is 1. The maximum Gasteiger partial charge on any atom is 0.246 e. The smallest absolute Gasteiger partial charge is 0.246 e. The van der Waals surface area contributed by atoms with Crippen molar-refractivity contribution in [3.63, 3.8) is 0 Å². The Morgan fingerprint density at radius 3 is 2.55 bits per heavy atom. The fourth-order valence-electron chi connectivity index (χ4n) is 1.83. The third-order valence-corrected chi connectivity index (χ3v) is 3.32. The minimum Gasteiger partial charge on any atom is -0.330 e. The molecule has 22 heavy (non-hydrogen) atoms. The minimum absolute atomic E-state index is 0.0285. The first kappa shape index (κ1) is 18.5. The Bertz CT molecular complexity index is 582. The Morgan fingerprint density at radius 2 is 1.95 bits per heavy atom. The van der Waals surface area contributed by atoms with Crippen molar-refractivity contribution in [2.24, 2.45) is 0 Å². The van der Waals surface area contributed by atoms with Crippen LogP contribution in [0.25, 0.3) is 0 Å². The van der Waals surface area contributed by atoms with Crippen LogP contribution in [-0.4, -0.2) is 29.8 Å². The van der Waals surface area contributed by atoms with Gasteiger partial charge in [0.2, 0.25) is 11.8 Å². The van der Waals surface area contributed by atoms with Crippen LogP contribution in [0.2, 0.25) is 10.0 Å². The zero-order valence-electron chi connectivity index (χ0n) is 13.0. The molecule has 0 saturated carbocycles. The molecular formula is C16H20Cl2N2O2. The SMILES string of the molecule is CCCN(CC(=O)Nc1cc(Cl)ccc1Cl)C(=O)C=C(C)C. The number of amides is 2. The predicted molar refractivity (Wildman–Crippen MR) is 91.4 cm³/mol. The standard InChI is InChI=1S/C16H20Cl2N2O2/c1-4-7-20(16(22)8-11(2)3)10-15(21)19-14-9-12(17)5-6-13(14)18/h5-6,8-9H,4,7,10H2,1-3H3,(H,19,21). The molecule has 120 valence electrons. The van der Waals surface area contributed by atoms with Crippen molar-refractivity contribution in [3.8, 4) is 0 Å². The quantitative estimate of drug-likeness (QED) is 0.790. The summed E-state index contributed by atoms with van der Waals surface area (Å²) in [7, 11) is 0. The zero-order chi connectivity index (χ0) is 16.7. The summed E-state index contributed by atoms with van der Waals surface area (Å²) in [6.45, 7) is 6.12. The summed E-state index contributed by atoms with van der Waals surface area (Å²) in [6.07, 6.45) is 2.29. The first-order valence-corrected chi connectivity index (χ1v) is 7.77. The molecule has 1 aromatic rings. The van der Waals surface area contributed by atoms with Gasteiger partial charge in [0.05, 0.1) is 10.7 Å². The van der Waals surface area contributed by atoms with E-state index in [1.54, 1.807) is 18.2 Å². The van der Waals surface area contributed by atoms with E-state index in [4.69, 9.17) is 23.2 Å². The lowest BCUT2D eigenvalue weighted by molar-refractivity contribution is -0.130. The summed E-state index contributed by atoms with van der Waals surface area (Å²) in [5, 5.41) is 3.55. The maximum atomic E-state index is 12.1. The highest BCUT2D eigenvalue weighted by atomic mass is 35.5. The van der Waals surface area contributed by atoms with Crippen LogP contribution in [0.3, 0.4) is 0 Å². The Balaban J connectivity index is 2.77. The molecule has 0 aromatic heterocycles. The molecule has 1 rings (SSSR count). The molecule has 1 aromatic carbocycles. The van der Waals surface area contributed by atoms with Gasteiger partial charge in [-0.15, -0.1) is 0 Å². The first-order valence-electron chi connectivity index (χ1n) is 7.02. The third-order valence-electron chi connectivity index (χ3n) is 2.75. The van der Waals surface area contributed by atoms with Crippen LogP contribution >= 0.6 is 23.2 Å². The van der Waals surface area contributed by atoms with E-state index >= 15 is 0 Å². The summed E-state index contributed by atoms with van der Waals surface area (Å²) < 4.78 is 0. The lowest BCUT2D eigenvalue weighted by atomic mass is 10.2. The molecule has 6 heteroatoms. The number of nitrogens with zero attached hydrogens (tertiary/aromatic N) is 1. The van der Waals surface area contributed by atoms with Gasteiger partial charge in [-0.05, 0) is 38.5 Å². The number of halogens is 2. The summed E-state index contributed by atoms with van der Waals surface area (Å²) in [5.41, 5.74) is 1.33. The normalized spacial score (nSPS) is 10.0. The molecule has 0 bridgehead atoms. The van der Waals surface area contributed by atoms with Crippen molar-refractivity contribution in [2.45, 2.75) is 27.2 Å². The number of nitrogens with one attached hydrogen (secondary N) is 1. The molecule has 0 radical (unpaired) electrons. The Kier molecular flexibility index (Phi) is 7.42. The number of rotatable bonds is 6. The maximum absolute atomic E-state index is 12.1. The van der Waals surface area contributed by atoms with E-state index in [9.17, 15) is 9.59 Å². The second-order valence-corrected chi connectivity index (χ2v) is 6.00. The summed E-state index contributed by atoms with van der Waals surface area (Å²) in [6, 6.07) is 4.82. The van der Waals surface area contributed by atoms with Crippen LogP contribution in [0.15, 0.2) is 29.8 Å². The highest BCUT2D eigenvalue weighted by molar-refractivity contribution is 6.35. The van der Waals surface area contributed by atoms with E-state index in [0.29, 0.717) is 22.3 Å². The molecule has 0 unspecified atom stereocenters. The van der Waals surface area contributed by atoms with E-state index < -0.39 is 0 Å². The molecule has 1 N–H and O–H groups in total. The molecule has 0 aliphatic carbocycles. The minimum atomic E-state index is -0.312. The highest BCUT2D eigenvalue weighted by Gasteiger charge is 2.15. The molecule has 0 aliphatic heterocycles. The molecule has 0 saturated heterocycles. The van der Waals surface area contributed by atoms with Gasteiger partial charge in [0.25, 0.3) is 0 Å². The predicted octanol–water partition coefficient (Wildman–Crippen LogP) is 4.14. The topological polar surface area (TPSA) is 49.4 Å². The summed E-state index contributed by atoms with van der Waals surface area (Å²) >= 11 is 11.9. The van der Waals surface area contributed by atoms with Crippen LogP contribution in [0.1, 0.15) is 27.2 Å². The van der Waals surface area contributed by atoms with Gasteiger partial charge in [0.15, 0.2) is 0 Å². The number of allylic oxidation sites excluding steroid dienone is 1. The van der Waals surface area contributed by atoms with E-state index in [1.165, 1.54) is 11.0 Å². The number of benzene rings is 1. The average Bonchev–Trinajstić information content (AvgIpc) is 2.41. The van der Waals surface area contributed by atoms with E-state index in [2.05, 4.69) is 5.32 Å². The Hall–Kier alpha value is -1.52. The van der Waals surface area contributed by atoms with Crippen molar-refractivity contribution in [2.75, 3.05) is 18.4 Å². The molecule has 2 amide bonds. The number of carbonyl (C=O) groups excluding carboxylic acids is 2. The van der Waals surface area contributed by atoms with Gasteiger partial charge >= 0.3 is 0 Å². The van der Waals surface area contributed by atoms with E-state index in [0.717, 1.165) is 12.0 Å². The number of anilines is 1. The zero-order valence-corrected chi connectivity index (χ0v) is 14.5. The van der Waals surface area contributed by atoms with E-state index in [-0.39, 0.29) is 18.4 Å². The number of hydrogen-bond acceptors (Lipinski definition) is 2. The largest absolute Gasteiger partial charge is 0.330 e. The van der Waals surface area contributed by atoms with Crippen molar-refractivity contribution in [1.29, 1.82) is 0 Å². The average molecular weight is 343 g/mol. The first-order chi connectivity index (χ1) is 10.3. The Morgan fingerprint density at radius 1 is 1.27 bits per heavy atom. The third kappa shape index (κ3) is 6.08. The van der Waals surface area contributed by atoms with Gasteiger partial charge in [-0.1, -0.05) is 35.7 Å². The fraction of sp³-hybridized carbons (Fsp3) is 0.375. The van der Waals surface area contributed by atoms with Gasteiger partial charge in [-0.2, -0.15) is 0 Å². The fourth-order valence-corrected chi connectivity index (χ4v) is 2.17. The molecule has 4 nitrogen and oxygen atoms in total. The van der Waals surface area contributed by atoms with Gasteiger partial charge in [0.1, 0.15) is 6.54 Å². The van der Waals surface area contributed by atoms with Crippen LogP contribution in [-0.2, 0) is 9.59 Å². The van der Waals surface area contributed by atoms with Crippen LogP contribution in [0.5, 0.6) is 0 Å². The Labute approximate surface area is 141 Å². The number of carbonyl (C=O) groups is 2. The van der Waals surface area contributed by atoms with Crippen LogP contribution in [0.4, 0.5) is 5.69 Å². The van der Waals surface area contributed by atoms with Crippen molar-refractivity contribution >= 4 is 40.7 Å². The molecule has 0 fully saturated rings. The second-order valence-electron chi connectivity index (χ2n) is 5.15. The van der Waals surface area contributed by atoms with Gasteiger partial charge in [-0.25, -0.2) is 0 Å². The summed E-state index contributed by atoms with van der Waals surface area (Å²) in [5.74, 6) is -0.484. The molecule has 0 atom stereocenters. The highest BCUT2D eigenvalue weighted by Crippen LogP contribution is 2.25. The molecule has 0 aliphatic rings. The van der Waals surface area contributed by atoms with Crippen molar-refractivity contribution in [3.05, 3.63) is 39.9 Å². The van der Waals surface area contributed by atoms with Crippen LogP contribution in [0, 0.1) is 0 Å². The lowest BCUT2D eigenvalue weighted by Gasteiger charge is -2.20. The van der Waals surface area contributed by atoms with Crippen LogP contribution < -0.4 is 5.32 Å².